The number of carbonyl (C=O) groups excluding carboxylic acids is 1. The van der Waals surface area contributed by atoms with E-state index in [4.69, 9.17) is 0 Å². The van der Waals surface area contributed by atoms with Gasteiger partial charge in [-0.1, -0.05) is 19.8 Å². The Hall–Kier alpha value is -1.25. The van der Waals surface area contributed by atoms with E-state index in [0.29, 0.717) is 12.1 Å². The van der Waals surface area contributed by atoms with Crippen molar-refractivity contribution in [3.8, 4) is 0 Å². The molecule has 0 spiro atoms. The topological polar surface area (TPSA) is 30.0 Å². The molecule has 1 aromatic heterocycles. The monoisotopic (exact) mass is 195 g/mol. The third-order valence-corrected chi connectivity index (χ3v) is 2.02. The maximum Gasteiger partial charge on any atom is 0.181 e. The zero-order chi connectivity index (χ0) is 10.4. The Morgan fingerprint density at radius 2 is 2.21 bits per heavy atom. The van der Waals surface area contributed by atoms with E-state index in [-0.39, 0.29) is 5.78 Å². The van der Waals surface area contributed by atoms with Gasteiger partial charge in [0.25, 0.3) is 0 Å². The maximum atomic E-state index is 12.5. The molecular formula is C11H14FNO. The van der Waals surface area contributed by atoms with E-state index in [0.717, 1.165) is 25.5 Å². The smallest absolute Gasteiger partial charge is 0.181 e. The number of pyridine rings is 1. The summed E-state index contributed by atoms with van der Waals surface area (Å²) < 4.78 is 12.5. The van der Waals surface area contributed by atoms with E-state index in [1.807, 2.05) is 0 Å². The predicted octanol–water partition coefficient (Wildman–Crippen LogP) is 2.98. The fraction of sp³-hybridized carbons (Fsp3) is 0.455. The van der Waals surface area contributed by atoms with Crippen LogP contribution in [0, 0.1) is 5.82 Å². The number of nitrogens with zero attached hydrogens (tertiary/aromatic N) is 1. The molecule has 76 valence electrons. The van der Waals surface area contributed by atoms with Crippen molar-refractivity contribution in [2.75, 3.05) is 0 Å². The summed E-state index contributed by atoms with van der Waals surface area (Å²) in [5.41, 5.74) is 0.363. The van der Waals surface area contributed by atoms with Crippen molar-refractivity contribution in [3.63, 3.8) is 0 Å². The van der Waals surface area contributed by atoms with E-state index in [1.54, 1.807) is 0 Å². The van der Waals surface area contributed by atoms with Crippen LogP contribution in [0.3, 0.4) is 0 Å². The Bertz CT molecular complexity index is 295. The molecule has 0 aliphatic carbocycles. The van der Waals surface area contributed by atoms with E-state index in [9.17, 15) is 9.18 Å². The molecule has 0 aliphatic heterocycles. The number of ketones is 1. The number of halogens is 1. The molecule has 0 aromatic carbocycles. The highest BCUT2D eigenvalue weighted by atomic mass is 19.1. The first-order valence-electron chi connectivity index (χ1n) is 4.88. The molecule has 14 heavy (non-hydrogen) atoms. The van der Waals surface area contributed by atoms with Gasteiger partial charge < -0.3 is 0 Å². The van der Waals surface area contributed by atoms with E-state index >= 15 is 0 Å². The van der Waals surface area contributed by atoms with E-state index in [1.165, 1.54) is 12.1 Å². The van der Waals surface area contributed by atoms with Crippen LogP contribution in [-0.2, 0) is 0 Å². The Morgan fingerprint density at radius 3 is 2.79 bits per heavy atom. The van der Waals surface area contributed by atoms with Crippen molar-refractivity contribution in [2.24, 2.45) is 0 Å². The molecular weight excluding hydrogens is 181 g/mol. The summed E-state index contributed by atoms with van der Waals surface area (Å²) in [6, 6.07) is 2.70. The zero-order valence-electron chi connectivity index (χ0n) is 8.29. The van der Waals surface area contributed by atoms with Crippen LogP contribution in [0.25, 0.3) is 0 Å². The SMILES string of the molecule is CCCCCC(=O)c1ccc(F)cn1. The fourth-order valence-corrected chi connectivity index (χ4v) is 1.20. The lowest BCUT2D eigenvalue weighted by Gasteiger charge is -1.98. The minimum atomic E-state index is -0.407. The summed E-state index contributed by atoms with van der Waals surface area (Å²) in [6.07, 6.45) is 4.60. The van der Waals surface area contributed by atoms with Crippen molar-refractivity contribution in [3.05, 3.63) is 29.8 Å². The average Bonchev–Trinajstić information content (AvgIpc) is 2.19. The van der Waals surface area contributed by atoms with Crippen LogP contribution in [0.1, 0.15) is 43.1 Å². The number of rotatable bonds is 5. The second kappa shape index (κ2) is 5.47. The van der Waals surface area contributed by atoms with Crippen LogP contribution in [0.4, 0.5) is 4.39 Å². The molecule has 3 heteroatoms. The summed E-state index contributed by atoms with van der Waals surface area (Å²) in [4.78, 5) is 15.2. The van der Waals surface area contributed by atoms with E-state index < -0.39 is 5.82 Å². The largest absolute Gasteiger partial charge is 0.292 e. The normalized spacial score (nSPS) is 10.1. The fourth-order valence-electron chi connectivity index (χ4n) is 1.20. The minimum Gasteiger partial charge on any atom is -0.292 e. The van der Waals surface area contributed by atoms with Gasteiger partial charge in [-0.15, -0.1) is 0 Å². The van der Waals surface area contributed by atoms with Crippen molar-refractivity contribution < 1.29 is 9.18 Å². The highest BCUT2D eigenvalue weighted by molar-refractivity contribution is 5.94. The van der Waals surface area contributed by atoms with Crippen molar-refractivity contribution in [1.82, 2.24) is 4.98 Å². The van der Waals surface area contributed by atoms with Gasteiger partial charge in [-0.25, -0.2) is 4.39 Å². The summed E-state index contributed by atoms with van der Waals surface area (Å²) in [7, 11) is 0. The summed E-state index contributed by atoms with van der Waals surface area (Å²) in [5, 5.41) is 0. The third kappa shape index (κ3) is 3.24. The number of unbranched alkanes of at least 4 members (excludes halogenated alkanes) is 2. The van der Waals surface area contributed by atoms with Crippen molar-refractivity contribution >= 4 is 5.78 Å². The van der Waals surface area contributed by atoms with Gasteiger partial charge in [0.15, 0.2) is 5.78 Å². The Balaban J connectivity index is 2.48. The van der Waals surface area contributed by atoms with Gasteiger partial charge in [-0.05, 0) is 18.6 Å². The van der Waals surface area contributed by atoms with E-state index in [2.05, 4.69) is 11.9 Å². The van der Waals surface area contributed by atoms with Crippen LogP contribution in [0.15, 0.2) is 18.3 Å². The van der Waals surface area contributed by atoms with Crippen molar-refractivity contribution in [2.45, 2.75) is 32.6 Å². The van der Waals surface area contributed by atoms with Crippen LogP contribution in [-0.4, -0.2) is 10.8 Å². The predicted molar refractivity (Wildman–Crippen MR) is 52.7 cm³/mol. The third-order valence-electron chi connectivity index (χ3n) is 2.02. The lowest BCUT2D eigenvalue weighted by molar-refractivity contribution is 0.0974. The minimum absolute atomic E-state index is 0.00144. The number of Topliss-reactive ketones (excluding diaryl/α,β-unsaturated/α-hetero) is 1. The molecule has 0 unspecified atom stereocenters. The molecule has 0 N–H and O–H groups in total. The highest BCUT2D eigenvalue weighted by Gasteiger charge is 2.06. The molecule has 1 aromatic rings. The van der Waals surface area contributed by atoms with Gasteiger partial charge in [-0.2, -0.15) is 0 Å². The van der Waals surface area contributed by atoms with Gasteiger partial charge >= 0.3 is 0 Å². The second-order valence-electron chi connectivity index (χ2n) is 3.24. The Kier molecular flexibility index (Phi) is 4.23. The standard InChI is InChI=1S/C11H14FNO/c1-2-3-4-5-11(14)10-7-6-9(12)8-13-10/h6-8H,2-5H2,1H3. The maximum absolute atomic E-state index is 12.5. The zero-order valence-corrected chi connectivity index (χ0v) is 8.29. The van der Waals surface area contributed by atoms with Crippen LogP contribution < -0.4 is 0 Å². The molecule has 0 atom stereocenters. The molecule has 0 saturated carbocycles. The summed E-state index contributed by atoms with van der Waals surface area (Å²) >= 11 is 0. The lowest BCUT2D eigenvalue weighted by Crippen LogP contribution is -2.01. The molecule has 0 bridgehead atoms. The van der Waals surface area contributed by atoms with Crippen molar-refractivity contribution in [1.29, 1.82) is 0 Å². The van der Waals surface area contributed by atoms with Crippen LogP contribution in [0.5, 0.6) is 0 Å². The van der Waals surface area contributed by atoms with Gasteiger partial charge in [0.1, 0.15) is 11.5 Å². The molecule has 0 amide bonds. The van der Waals surface area contributed by atoms with Gasteiger partial charge in [0, 0.05) is 6.42 Å². The van der Waals surface area contributed by atoms with Crippen LogP contribution in [0.2, 0.25) is 0 Å². The molecule has 1 heterocycles. The average molecular weight is 195 g/mol. The molecule has 0 radical (unpaired) electrons. The highest BCUT2D eigenvalue weighted by Crippen LogP contribution is 2.06. The quantitative estimate of drug-likeness (QED) is 0.534. The Morgan fingerprint density at radius 1 is 1.43 bits per heavy atom. The van der Waals surface area contributed by atoms with Gasteiger partial charge in [0.2, 0.25) is 0 Å². The summed E-state index contributed by atoms with van der Waals surface area (Å²) in [5.74, 6) is -0.409. The first-order valence-corrected chi connectivity index (χ1v) is 4.88. The number of carbonyl (C=O) groups is 1. The molecule has 0 aliphatic rings. The van der Waals surface area contributed by atoms with Crippen LogP contribution >= 0.6 is 0 Å². The lowest BCUT2D eigenvalue weighted by atomic mass is 10.1. The number of hydrogen-bond donors (Lipinski definition) is 0. The first-order chi connectivity index (χ1) is 6.74. The molecule has 2 nitrogen and oxygen atoms in total. The Labute approximate surface area is 83.2 Å². The second-order valence-corrected chi connectivity index (χ2v) is 3.24. The summed E-state index contributed by atoms with van der Waals surface area (Å²) in [6.45, 7) is 2.08. The molecule has 1 rings (SSSR count). The number of aromatic nitrogens is 1. The van der Waals surface area contributed by atoms with Gasteiger partial charge in [0.05, 0.1) is 6.20 Å². The number of hydrogen-bond acceptors (Lipinski definition) is 2. The molecule has 0 saturated heterocycles. The first kappa shape index (κ1) is 10.8. The van der Waals surface area contributed by atoms with Gasteiger partial charge in [-0.3, -0.25) is 9.78 Å². The molecule has 0 fully saturated rings.